The third-order valence-corrected chi connectivity index (χ3v) is 8.75. The Balaban J connectivity index is 0.00000287. The monoisotopic (exact) mass is 708 g/mol. The molecule has 1 unspecified atom stereocenters. The molecule has 9 heteroatoms. The highest BCUT2D eigenvalue weighted by atomic mass is 79.9. The number of aliphatic hydroxyl groups is 1. The number of nitrogens with zero attached hydrogens (tertiary/aromatic N) is 2. The lowest BCUT2D eigenvalue weighted by Gasteiger charge is -2.31. The molecule has 41 heavy (non-hydrogen) atoms. The zero-order valence-electron chi connectivity index (χ0n) is 24.9. The van der Waals surface area contributed by atoms with Gasteiger partial charge in [0.15, 0.2) is 10.8 Å². The van der Waals surface area contributed by atoms with Gasteiger partial charge in [0.1, 0.15) is 12.4 Å². The van der Waals surface area contributed by atoms with Gasteiger partial charge >= 0.3 is 0 Å². The van der Waals surface area contributed by atoms with Gasteiger partial charge in [-0.15, -0.1) is 11.3 Å². The van der Waals surface area contributed by atoms with E-state index in [0.29, 0.717) is 44.2 Å². The van der Waals surface area contributed by atoms with E-state index in [9.17, 15) is 14.7 Å². The van der Waals surface area contributed by atoms with Crippen molar-refractivity contribution in [3.05, 3.63) is 79.4 Å². The second-order valence-electron chi connectivity index (χ2n) is 10.8. The van der Waals surface area contributed by atoms with Gasteiger partial charge in [0.2, 0.25) is 0 Å². The van der Waals surface area contributed by atoms with Crippen LogP contribution >= 0.6 is 43.2 Å². The number of hydrogen-bond donors (Lipinski definition) is 1. The van der Waals surface area contributed by atoms with Gasteiger partial charge in [-0.1, -0.05) is 87.5 Å². The second-order valence-corrected chi connectivity index (χ2v) is 13.5. The van der Waals surface area contributed by atoms with Gasteiger partial charge in [-0.05, 0) is 59.7 Å². The maximum absolute atomic E-state index is 13.3. The minimum Gasteiger partial charge on any atom is -0.506 e. The quantitative estimate of drug-likeness (QED) is 0.197. The molecular formula is C32H42Br2N2O4S. The predicted molar refractivity (Wildman–Crippen MR) is 177 cm³/mol. The summed E-state index contributed by atoms with van der Waals surface area (Å²) in [4.78, 5) is 32.0. The van der Waals surface area contributed by atoms with E-state index in [4.69, 9.17) is 4.74 Å². The Morgan fingerprint density at radius 2 is 1.80 bits per heavy atom. The van der Waals surface area contributed by atoms with Crippen molar-refractivity contribution >= 4 is 60.5 Å². The van der Waals surface area contributed by atoms with Gasteiger partial charge in [0.05, 0.1) is 16.3 Å². The molecule has 0 saturated carbocycles. The van der Waals surface area contributed by atoms with Crippen molar-refractivity contribution in [1.82, 2.24) is 9.88 Å². The van der Waals surface area contributed by atoms with Crippen molar-refractivity contribution < 1.29 is 19.4 Å². The largest absolute Gasteiger partial charge is 0.506 e. The summed E-state index contributed by atoms with van der Waals surface area (Å²) in [6.45, 7) is 16.4. The molecule has 1 aromatic heterocycles. The molecule has 1 atom stereocenters. The number of piperidine rings is 1. The molecule has 2 aromatic rings. The van der Waals surface area contributed by atoms with Crippen molar-refractivity contribution in [1.29, 1.82) is 0 Å². The average Bonchev–Trinajstić information content (AvgIpc) is 3.45. The van der Waals surface area contributed by atoms with Crippen LogP contribution in [0.1, 0.15) is 75.4 Å². The molecule has 0 aliphatic carbocycles. The Morgan fingerprint density at radius 3 is 2.37 bits per heavy atom. The zero-order valence-corrected chi connectivity index (χ0v) is 28.9. The highest BCUT2D eigenvalue weighted by Gasteiger charge is 2.27. The van der Waals surface area contributed by atoms with Crippen molar-refractivity contribution in [2.75, 3.05) is 19.7 Å². The van der Waals surface area contributed by atoms with Crippen LogP contribution in [0.4, 0.5) is 0 Å². The number of benzene rings is 1. The number of aromatic nitrogens is 1. The number of Topliss-reactive ketones (excluding diaryl/α,β-unsaturated/α-hetero) is 1. The summed E-state index contributed by atoms with van der Waals surface area (Å²) in [6.07, 6.45) is 4.00. The van der Waals surface area contributed by atoms with Crippen LogP contribution in [0.15, 0.2) is 63.1 Å². The predicted octanol–water partition coefficient (Wildman–Crippen LogP) is 8.74. The highest BCUT2D eigenvalue weighted by molar-refractivity contribution is 9.12. The number of allylic oxidation sites excluding steroid dienone is 3. The van der Waals surface area contributed by atoms with Crippen molar-refractivity contribution in [3.8, 4) is 0 Å². The van der Waals surface area contributed by atoms with Crippen LogP contribution in [0, 0.1) is 11.3 Å². The lowest BCUT2D eigenvalue weighted by atomic mass is 9.90. The number of rotatable bonds is 10. The van der Waals surface area contributed by atoms with Gasteiger partial charge in [-0.3, -0.25) is 9.59 Å². The number of likely N-dealkylation sites (tertiary alicyclic amines) is 1. The van der Waals surface area contributed by atoms with Crippen molar-refractivity contribution in [2.24, 2.45) is 11.3 Å². The third kappa shape index (κ3) is 10.6. The molecule has 1 aliphatic heterocycles. The van der Waals surface area contributed by atoms with Gasteiger partial charge in [0.25, 0.3) is 5.91 Å². The number of aliphatic hydroxyl groups excluding tert-OH is 1. The van der Waals surface area contributed by atoms with Crippen LogP contribution < -0.4 is 0 Å². The fourth-order valence-electron chi connectivity index (χ4n) is 4.15. The zero-order chi connectivity index (χ0) is 30.7. The van der Waals surface area contributed by atoms with Crippen LogP contribution in [-0.2, 0) is 16.0 Å². The normalized spacial score (nSPS) is 15.9. The lowest BCUT2D eigenvalue weighted by molar-refractivity contribution is -0.132. The minimum absolute atomic E-state index is 0.0366. The number of amides is 1. The van der Waals surface area contributed by atoms with E-state index >= 15 is 0 Å². The number of thiazole rings is 1. The molecule has 1 N–H and O–H groups in total. The number of ketones is 1. The molecule has 3 rings (SSSR count). The fraction of sp³-hybridized carbons (Fsp3) is 0.469. The molecule has 0 radical (unpaired) electrons. The summed E-state index contributed by atoms with van der Waals surface area (Å²) in [6, 6.07) is 10.5. The van der Waals surface area contributed by atoms with Crippen molar-refractivity contribution in [2.45, 2.75) is 66.9 Å². The van der Waals surface area contributed by atoms with Crippen LogP contribution in [-0.4, -0.2) is 52.5 Å². The van der Waals surface area contributed by atoms with Crippen LogP contribution in [0.5, 0.6) is 0 Å². The number of hydrogen-bond acceptors (Lipinski definition) is 6. The Morgan fingerprint density at radius 1 is 1.20 bits per heavy atom. The molecular weight excluding hydrogens is 668 g/mol. The van der Waals surface area contributed by atoms with Gasteiger partial charge in [-0.25, -0.2) is 4.98 Å². The van der Waals surface area contributed by atoms with Gasteiger partial charge in [0, 0.05) is 33.9 Å². The van der Waals surface area contributed by atoms with E-state index in [2.05, 4.69) is 67.7 Å². The molecule has 1 amide bonds. The summed E-state index contributed by atoms with van der Waals surface area (Å²) in [5.41, 5.74) is 1.66. The minimum atomic E-state index is -0.583. The van der Waals surface area contributed by atoms with E-state index in [1.165, 1.54) is 16.9 Å². The Kier molecular flexibility index (Phi) is 14.2. The first kappa shape index (κ1) is 35.1. The number of ether oxygens (including phenoxy) is 1. The van der Waals surface area contributed by atoms with Gasteiger partial charge < -0.3 is 14.7 Å². The van der Waals surface area contributed by atoms with E-state index in [-0.39, 0.29) is 24.1 Å². The SMILES string of the molecule is C=C(Br)/C=C(\C(O)=C(\Br)C(C)OCC(=O)C(C)(C)C)c1csc(C(=O)N2CCC(Cc3ccccc3)CC2)n1.CC. The van der Waals surface area contributed by atoms with E-state index < -0.39 is 11.5 Å². The summed E-state index contributed by atoms with van der Waals surface area (Å²) in [5, 5.41) is 13.3. The van der Waals surface area contributed by atoms with E-state index in [1.54, 1.807) is 18.4 Å². The standard InChI is InChI=1S/C30H36Br2N2O4S.C2H6/c1-19(31)15-23(27(36)26(32)20(2)38-17-25(35)30(3,4)5)24-18-39-28(33-24)29(37)34-13-11-22(12-14-34)16-21-9-7-6-8-10-21;1-2/h6-10,15,18,20,22,36H,1,11-14,16-17H2,2-5H3;1-2H3/b23-15-,27-26-;. The number of carbonyl (C=O) groups is 2. The van der Waals surface area contributed by atoms with E-state index in [1.807, 2.05) is 45.6 Å². The Hall–Kier alpha value is -2.07. The summed E-state index contributed by atoms with van der Waals surface area (Å²) in [7, 11) is 0. The molecule has 0 spiro atoms. The van der Waals surface area contributed by atoms with Crippen LogP contribution in [0.2, 0.25) is 0 Å². The topological polar surface area (TPSA) is 79.7 Å². The smallest absolute Gasteiger partial charge is 0.282 e. The summed E-state index contributed by atoms with van der Waals surface area (Å²) < 4.78 is 6.61. The molecule has 1 aromatic carbocycles. The molecule has 6 nitrogen and oxygen atoms in total. The van der Waals surface area contributed by atoms with Crippen molar-refractivity contribution in [3.63, 3.8) is 0 Å². The summed E-state index contributed by atoms with van der Waals surface area (Å²) >= 11 is 8.01. The maximum Gasteiger partial charge on any atom is 0.282 e. The molecule has 2 heterocycles. The maximum atomic E-state index is 13.3. The van der Waals surface area contributed by atoms with Crippen LogP contribution in [0.25, 0.3) is 5.57 Å². The second kappa shape index (κ2) is 16.5. The van der Waals surface area contributed by atoms with Crippen LogP contribution in [0.3, 0.4) is 0 Å². The molecule has 1 fully saturated rings. The van der Waals surface area contributed by atoms with E-state index in [0.717, 1.165) is 19.3 Å². The first-order chi connectivity index (χ1) is 19.4. The Labute approximate surface area is 265 Å². The lowest BCUT2D eigenvalue weighted by Crippen LogP contribution is -2.38. The van der Waals surface area contributed by atoms with Gasteiger partial charge in [-0.2, -0.15) is 0 Å². The third-order valence-electron chi connectivity index (χ3n) is 6.67. The molecule has 0 bridgehead atoms. The molecule has 1 aliphatic rings. The first-order valence-corrected chi connectivity index (χ1v) is 16.4. The fourth-order valence-corrected chi connectivity index (χ4v) is 5.51. The Bertz CT molecular complexity index is 1240. The average molecular weight is 711 g/mol. The number of carbonyl (C=O) groups excluding carboxylic acids is 2. The highest BCUT2D eigenvalue weighted by Crippen LogP contribution is 2.32. The first-order valence-electron chi connectivity index (χ1n) is 14.0. The molecule has 224 valence electrons. The number of halogens is 2. The molecule has 1 saturated heterocycles. The summed E-state index contributed by atoms with van der Waals surface area (Å²) in [5.74, 6) is 0.328.